The number of pyridine rings is 1. The fraction of sp³-hybridized carbons (Fsp3) is 0.269. The van der Waals surface area contributed by atoms with Gasteiger partial charge in [0.1, 0.15) is 23.7 Å². The standard InChI is InChI=1S/C26H27N5O2/c1-31-17-23(18-31)33-22-11-12-24(29-16-22)30-26(32)25(21-5-3-2-4-6-21)28-14-13-19-7-9-20(15-27)10-8-19/h2-12,16,23,25,28H,13-14,17-18H2,1H3,(H,29,30,32). The van der Waals surface area contributed by atoms with E-state index in [0.717, 1.165) is 30.6 Å². The van der Waals surface area contributed by atoms with Crippen LogP contribution < -0.4 is 15.4 Å². The quantitative estimate of drug-likeness (QED) is 0.530. The number of rotatable bonds is 9. The first-order valence-corrected chi connectivity index (χ1v) is 11.0. The predicted molar refractivity (Wildman–Crippen MR) is 127 cm³/mol. The number of hydrogen-bond donors (Lipinski definition) is 2. The number of carbonyl (C=O) groups excluding carboxylic acids is 1. The molecular formula is C26H27N5O2. The third kappa shape index (κ3) is 6.16. The zero-order valence-corrected chi connectivity index (χ0v) is 18.6. The molecule has 0 radical (unpaired) electrons. The Morgan fingerprint density at radius 3 is 2.55 bits per heavy atom. The molecular weight excluding hydrogens is 414 g/mol. The van der Waals surface area contributed by atoms with E-state index in [0.29, 0.717) is 23.7 Å². The van der Waals surface area contributed by atoms with Crippen molar-refractivity contribution in [3.8, 4) is 11.8 Å². The number of amides is 1. The average molecular weight is 442 g/mol. The van der Waals surface area contributed by atoms with Crippen molar-refractivity contribution in [1.82, 2.24) is 15.2 Å². The number of nitrogens with zero attached hydrogens (tertiary/aromatic N) is 3. The van der Waals surface area contributed by atoms with Gasteiger partial charge < -0.3 is 15.4 Å². The molecule has 1 aromatic heterocycles. The minimum atomic E-state index is -0.521. The van der Waals surface area contributed by atoms with Gasteiger partial charge >= 0.3 is 0 Å². The van der Waals surface area contributed by atoms with Gasteiger partial charge in [0.05, 0.1) is 17.8 Å². The number of likely N-dealkylation sites (N-methyl/N-ethyl adjacent to an activating group) is 1. The van der Waals surface area contributed by atoms with Crippen molar-refractivity contribution in [1.29, 1.82) is 5.26 Å². The number of nitrogens with one attached hydrogen (secondary N) is 2. The van der Waals surface area contributed by atoms with E-state index < -0.39 is 6.04 Å². The highest BCUT2D eigenvalue weighted by molar-refractivity contribution is 5.94. The Morgan fingerprint density at radius 2 is 1.91 bits per heavy atom. The lowest BCUT2D eigenvalue weighted by Crippen LogP contribution is -2.51. The minimum absolute atomic E-state index is 0.178. The van der Waals surface area contributed by atoms with Crippen LogP contribution in [-0.4, -0.2) is 48.6 Å². The summed E-state index contributed by atoms with van der Waals surface area (Å²) in [7, 11) is 2.05. The van der Waals surface area contributed by atoms with E-state index in [2.05, 4.69) is 33.6 Å². The lowest BCUT2D eigenvalue weighted by Gasteiger charge is -2.35. The first-order valence-electron chi connectivity index (χ1n) is 11.0. The molecule has 1 unspecified atom stereocenters. The van der Waals surface area contributed by atoms with E-state index in [1.807, 2.05) is 48.5 Å². The fourth-order valence-corrected chi connectivity index (χ4v) is 3.75. The summed E-state index contributed by atoms with van der Waals surface area (Å²) in [6.45, 7) is 2.42. The summed E-state index contributed by atoms with van der Waals surface area (Å²) in [5.41, 5.74) is 2.62. The summed E-state index contributed by atoms with van der Waals surface area (Å²) < 4.78 is 5.86. The summed E-state index contributed by atoms with van der Waals surface area (Å²) in [6.07, 6.45) is 2.58. The van der Waals surface area contributed by atoms with Crippen LogP contribution in [0.25, 0.3) is 0 Å². The van der Waals surface area contributed by atoms with Crippen molar-refractivity contribution in [2.45, 2.75) is 18.6 Å². The third-order valence-corrected chi connectivity index (χ3v) is 5.56. The lowest BCUT2D eigenvalue weighted by atomic mass is 10.1. The number of hydrogen-bond acceptors (Lipinski definition) is 6. The monoisotopic (exact) mass is 441 g/mol. The Balaban J connectivity index is 1.36. The van der Waals surface area contributed by atoms with Crippen LogP contribution in [0.5, 0.6) is 5.75 Å². The Bertz CT molecular complexity index is 1090. The first-order chi connectivity index (χ1) is 16.1. The molecule has 2 heterocycles. The van der Waals surface area contributed by atoms with Crippen molar-refractivity contribution in [2.75, 3.05) is 32.0 Å². The van der Waals surface area contributed by atoms with Gasteiger partial charge in [0.2, 0.25) is 5.91 Å². The van der Waals surface area contributed by atoms with Gasteiger partial charge in [-0.05, 0) is 48.9 Å². The predicted octanol–water partition coefficient (Wildman–Crippen LogP) is 3.16. The number of aromatic nitrogens is 1. The van der Waals surface area contributed by atoms with Gasteiger partial charge in [0.15, 0.2) is 0 Å². The summed E-state index contributed by atoms with van der Waals surface area (Å²) in [5, 5.41) is 15.2. The van der Waals surface area contributed by atoms with E-state index in [1.165, 1.54) is 0 Å². The largest absolute Gasteiger partial charge is 0.486 e. The second kappa shape index (κ2) is 10.7. The summed E-state index contributed by atoms with van der Waals surface area (Å²) in [5.74, 6) is 1.00. The van der Waals surface area contributed by atoms with Gasteiger partial charge in [0, 0.05) is 19.6 Å². The van der Waals surface area contributed by atoms with Gasteiger partial charge in [-0.2, -0.15) is 5.26 Å². The highest BCUT2D eigenvalue weighted by Crippen LogP contribution is 2.19. The molecule has 7 heteroatoms. The molecule has 1 aliphatic rings. The van der Waals surface area contributed by atoms with Crippen LogP contribution >= 0.6 is 0 Å². The Kier molecular flexibility index (Phi) is 7.30. The fourth-order valence-electron chi connectivity index (χ4n) is 3.75. The van der Waals surface area contributed by atoms with Crippen molar-refractivity contribution < 1.29 is 9.53 Å². The maximum atomic E-state index is 13.1. The smallest absolute Gasteiger partial charge is 0.247 e. The Labute approximate surface area is 194 Å². The highest BCUT2D eigenvalue weighted by atomic mass is 16.5. The van der Waals surface area contributed by atoms with Crippen LogP contribution in [-0.2, 0) is 11.2 Å². The number of ether oxygens (including phenoxy) is 1. The molecule has 33 heavy (non-hydrogen) atoms. The van der Waals surface area contributed by atoms with Crippen molar-refractivity contribution in [2.24, 2.45) is 0 Å². The van der Waals surface area contributed by atoms with Crippen molar-refractivity contribution >= 4 is 11.7 Å². The molecule has 0 bridgehead atoms. The van der Waals surface area contributed by atoms with Crippen LogP contribution in [0.2, 0.25) is 0 Å². The Hall–Kier alpha value is -3.73. The minimum Gasteiger partial charge on any atom is -0.486 e. The zero-order valence-electron chi connectivity index (χ0n) is 18.6. The maximum Gasteiger partial charge on any atom is 0.247 e. The van der Waals surface area contributed by atoms with Crippen LogP contribution in [0, 0.1) is 11.3 Å². The lowest BCUT2D eigenvalue weighted by molar-refractivity contribution is -0.118. The van der Waals surface area contributed by atoms with E-state index in [4.69, 9.17) is 10.00 Å². The van der Waals surface area contributed by atoms with Crippen LogP contribution in [0.4, 0.5) is 5.82 Å². The van der Waals surface area contributed by atoms with Gasteiger partial charge in [0.25, 0.3) is 0 Å². The molecule has 0 spiro atoms. The normalized spacial score (nSPS) is 14.7. The van der Waals surface area contributed by atoms with Gasteiger partial charge in [-0.1, -0.05) is 42.5 Å². The second-order valence-electron chi connectivity index (χ2n) is 8.19. The SMILES string of the molecule is CN1CC(Oc2ccc(NC(=O)C(NCCc3ccc(C#N)cc3)c3ccccc3)nc2)C1. The van der Waals surface area contributed by atoms with Crippen LogP contribution in [0.15, 0.2) is 72.9 Å². The van der Waals surface area contributed by atoms with Gasteiger partial charge in [-0.25, -0.2) is 4.98 Å². The Morgan fingerprint density at radius 1 is 1.15 bits per heavy atom. The summed E-state index contributed by atoms with van der Waals surface area (Å²) in [6, 6.07) is 22.3. The van der Waals surface area contributed by atoms with Crippen LogP contribution in [0.1, 0.15) is 22.7 Å². The average Bonchev–Trinajstić information content (AvgIpc) is 2.83. The molecule has 0 aliphatic carbocycles. The van der Waals surface area contributed by atoms with Gasteiger partial charge in [-0.3, -0.25) is 9.69 Å². The van der Waals surface area contributed by atoms with E-state index in [-0.39, 0.29) is 12.0 Å². The molecule has 7 nitrogen and oxygen atoms in total. The summed E-state index contributed by atoms with van der Waals surface area (Å²) in [4.78, 5) is 19.6. The van der Waals surface area contributed by atoms with E-state index >= 15 is 0 Å². The molecule has 0 saturated carbocycles. The summed E-state index contributed by atoms with van der Waals surface area (Å²) >= 11 is 0. The first kappa shape index (κ1) is 22.5. The molecule has 2 aromatic carbocycles. The number of likely N-dealkylation sites (tertiary alicyclic amines) is 1. The number of nitriles is 1. The molecule has 1 saturated heterocycles. The number of benzene rings is 2. The highest BCUT2D eigenvalue weighted by Gasteiger charge is 2.25. The third-order valence-electron chi connectivity index (χ3n) is 5.56. The topological polar surface area (TPSA) is 90.3 Å². The molecule has 1 amide bonds. The van der Waals surface area contributed by atoms with E-state index in [9.17, 15) is 4.79 Å². The number of anilines is 1. The maximum absolute atomic E-state index is 13.1. The molecule has 1 fully saturated rings. The zero-order chi connectivity index (χ0) is 23.0. The molecule has 4 rings (SSSR count). The van der Waals surface area contributed by atoms with Crippen LogP contribution in [0.3, 0.4) is 0 Å². The molecule has 168 valence electrons. The van der Waals surface area contributed by atoms with Crippen molar-refractivity contribution in [3.63, 3.8) is 0 Å². The molecule has 1 atom stereocenters. The van der Waals surface area contributed by atoms with Gasteiger partial charge in [-0.15, -0.1) is 0 Å². The van der Waals surface area contributed by atoms with Crippen molar-refractivity contribution in [3.05, 3.63) is 89.6 Å². The van der Waals surface area contributed by atoms with E-state index in [1.54, 1.807) is 24.4 Å². The molecule has 3 aromatic rings. The molecule has 1 aliphatic heterocycles. The second-order valence-corrected chi connectivity index (χ2v) is 8.19. The number of carbonyl (C=O) groups is 1. The molecule has 2 N–H and O–H groups in total.